The van der Waals surface area contributed by atoms with E-state index in [0.717, 1.165) is 19.0 Å². The fourth-order valence-corrected chi connectivity index (χ4v) is 2.84. The SMILES string of the molecule is CC(C)CCNCCSc1cccs1. The summed E-state index contributed by atoms with van der Waals surface area (Å²) in [7, 11) is 0. The highest BCUT2D eigenvalue weighted by molar-refractivity contribution is 8.01. The second-order valence-electron chi connectivity index (χ2n) is 3.71. The first-order valence-corrected chi connectivity index (χ1v) is 7.02. The number of thiophene rings is 1. The lowest BCUT2D eigenvalue weighted by Crippen LogP contribution is -2.19. The van der Waals surface area contributed by atoms with E-state index in [9.17, 15) is 0 Å². The Kier molecular flexibility index (Phi) is 6.32. The zero-order chi connectivity index (χ0) is 10.2. The molecule has 1 aromatic heterocycles. The van der Waals surface area contributed by atoms with Crippen LogP contribution in [0.25, 0.3) is 0 Å². The molecule has 0 aliphatic carbocycles. The van der Waals surface area contributed by atoms with Crippen LogP contribution in [0.1, 0.15) is 20.3 Å². The van der Waals surface area contributed by atoms with Gasteiger partial charge >= 0.3 is 0 Å². The van der Waals surface area contributed by atoms with Crippen molar-refractivity contribution in [2.24, 2.45) is 5.92 Å². The average molecular weight is 229 g/mol. The van der Waals surface area contributed by atoms with Gasteiger partial charge in [0.05, 0.1) is 4.21 Å². The maximum Gasteiger partial charge on any atom is 0.0598 e. The minimum absolute atomic E-state index is 0.812. The van der Waals surface area contributed by atoms with Gasteiger partial charge in [0.2, 0.25) is 0 Å². The number of hydrogen-bond donors (Lipinski definition) is 1. The van der Waals surface area contributed by atoms with Crippen LogP contribution in [0.3, 0.4) is 0 Å². The third kappa shape index (κ3) is 5.68. The third-order valence-electron chi connectivity index (χ3n) is 1.92. The highest BCUT2D eigenvalue weighted by Gasteiger charge is 1.95. The summed E-state index contributed by atoms with van der Waals surface area (Å²) in [5, 5.41) is 5.60. The largest absolute Gasteiger partial charge is 0.316 e. The van der Waals surface area contributed by atoms with E-state index in [1.807, 2.05) is 23.1 Å². The van der Waals surface area contributed by atoms with Crippen molar-refractivity contribution in [1.29, 1.82) is 0 Å². The van der Waals surface area contributed by atoms with Gasteiger partial charge in [0.1, 0.15) is 0 Å². The molecule has 0 aromatic carbocycles. The normalized spacial score (nSPS) is 11.1. The fourth-order valence-electron chi connectivity index (χ4n) is 1.09. The summed E-state index contributed by atoms with van der Waals surface area (Å²) in [6, 6.07) is 4.29. The molecular formula is C11H19NS2. The smallest absolute Gasteiger partial charge is 0.0598 e. The van der Waals surface area contributed by atoms with Crippen LogP contribution in [0.2, 0.25) is 0 Å². The van der Waals surface area contributed by atoms with Gasteiger partial charge in [-0.05, 0) is 30.3 Å². The van der Waals surface area contributed by atoms with Gasteiger partial charge < -0.3 is 5.32 Å². The number of rotatable bonds is 7. The molecule has 1 aromatic rings. The topological polar surface area (TPSA) is 12.0 Å². The predicted octanol–water partition coefficient (Wildman–Crippen LogP) is 3.48. The van der Waals surface area contributed by atoms with E-state index in [1.54, 1.807) is 0 Å². The van der Waals surface area contributed by atoms with Gasteiger partial charge in [-0.1, -0.05) is 19.9 Å². The lowest BCUT2D eigenvalue weighted by atomic mass is 10.1. The van der Waals surface area contributed by atoms with Crippen molar-refractivity contribution < 1.29 is 0 Å². The van der Waals surface area contributed by atoms with Gasteiger partial charge in [0.15, 0.2) is 0 Å². The monoisotopic (exact) mass is 229 g/mol. The minimum atomic E-state index is 0.812. The van der Waals surface area contributed by atoms with Crippen LogP contribution in [0, 0.1) is 5.92 Å². The molecule has 0 saturated heterocycles. The average Bonchev–Trinajstić information content (AvgIpc) is 2.63. The third-order valence-corrected chi connectivity index (χ3v) is 4.05. The molecule has 1 N–H and O–H groups in total. The molecule has 80 valence electrons. The Morgan fingerprint density at radius 1 is 1.43 bits per heavy atom. The van der Waals surface area contributed by atoms with Crippen molar-refractivity contribution in [2.75, 3.05) is 18.8 Å². The quantitative estimate of drug-likeness (QED) is 0.567. The number of nitrogens with one attached hydrogen (secondary N) is 1. The Labute approximate surface area is 95.3 Å². The predicted molar refractivity (Wildman–Crippen MR) is 67.4 cm³/mol. The summed E-state index contributed by atoms with van der Waals surface area (Å²) in [4.78, 5) is 0. The first-order valence-electron chi connectivity index (χ1n) is 5.16. The Bertz CT molecular complexity index is 219. The fraction of sp³-hybridized carbons (Fsp3) is 0.636. The number of thioether (sulfide) groups is 1. The lowest BCUT2D eigenvalue weighted by Gasteiger charge is -2.05. The van der Waals surface area contributed by atoms with Crippen LogP contribution in [0.4, 0.5) is 0 Å². The van der Waals surface area contributed by atoms with Crippen molar-refractivity contribution in [2.45, 2.75) is 24.5 Å². The summed E-state index contributed by atoms with van der Waals surface area (Å²) >= 11 is 3.77. The van der Waals surface area contributed by atoms with Gasteiger partial charge in [-0.25, -0.2) is 0 Å². The van der Waals surface area contributed by atoms with Gasteiger partial charge in [-0.15, -0.1) is 23.1 Å². The molecule has 0 aliphatic heterocycles. The highest BCUT2D eigenvalue weighted by atomic mass is 32.2. The Hall–Kier alpha value is 0.01000. The van der Waals surface area contributed by atoms with Crippen LogP contribution in [-0.4, -0.2) is 18.8 Å². The van der Waals surface area contributed by atoms with E-state index in [1.165, 1.54) is 16.4 Å². The van der Waals surface area contributed by atoms with Crippen molar-refractivity contribution in [1.82, 2.24) is 5.32 Å². The van der Waals surface area contributed by atoms with E-state index in [4.69, 9.17) is 0 Å². The van der Waals surface area contributed by atoms with Crippen LogP contribution in [0.15, 0.2) is 21.7 Å². The Morgan fingerprint density at radius 2 is 2.29 bits per heavy atom. The van der Waals surface area contributed by atoms with Gasteiger partial charge in [-0.2, -0.15) is 0 Å². The molecule has 0 saturated carbocycles. The van der Waals surface area contributed by atoms with E-state index in [2.05, 4.69) is 36.7 Å². The Balaban J connectivity index is 1.90. The van der Waals surface area contributed by atoms with Crippen LogP contribution in [0.5, 0.6) is 0 Å². The second-order valence-corrected chi connectivity index (χ2v) is 6.06. The molecule has 0 unspecified atom stereocenters. The van der Waals surface area contributed by atoms with Crippen molar-refractivity contribution >= 4 is 23.1 Å². The van der Waals surface area contributed by atoms with Gasteiger partial charge in [0.25, 0.3) is 0 Å². The molecule has 0 radical (unpaired) electrons. The van der Waals surface area contributed by atoms with Crippen LogP contribution < -0.4 is 5.32 Å². The maximum absolute atomic E-state index is 3.46. The van der Waals surface area contributed by atoms with E-state index < -0.39 is 0 Å². The second kappa shape index (κ2) is 7.32. The van der Waals surface area contributed by atoms with Crippen LogP contribution in [-0.2, 0) is 0 Å². The van der Waals surface area contributed by atoms with Crippen molar-refractivity contribution in [3.63, 3.8) is 0 Å². The lowest BCUT2D eigenvalue weighted by molar-refractivity contribution is 0.547. The molecule has 14 heavy (non-hydrogen) atoms. The van der Waals surface area contributed by atoms with E-state index in [0.29, 0.717) is 0 Å². The van der Waals surface area contributed by atoms with Gasteiger partial charge in [-0.3, -0.25) is 0 Å². The summed E-state index contributed by atoms with van der Waals surface area (Å²) in [5.74, 6) is 1.99. The molecule has 3 heteroatoms. The van der Waals surface area contributed by atoms with Crippen LogP contribution >= 0.6 is 23.1 Å². The first-order chi connectivity index (χ1) is 6.79. The molecule has 1 heterocycles. The maximum atomic E-state index is 3.46. The molecule has 0 fully saturated rings. The molecule has 0 bridgehead atoms. The summed E-state index contributed by atoms with van der Waals surface area (Å²) in [6.07, 6.45) is 1.28. The highest BCUT2D eigenvalue weighted by Crippen LogP contribution is 2.22. The molecule has 0 spiro atoms. The number of hydrogen-bond acceptors (Lipinski definition) is 3. The first kappa shape index (κ1) is 12.1. The molecule has 0 amide bonds. The zero-order valence-electron chi connectivity index (χ0n) is 8.95. The summed E-state index contributed by atoms with van der Waals surface area (Å²) in [6.45, 7) is 6.81. The standard InChI is InChI=1S/C11H19NS2/c1-10(2)5-6-12-7-9-14-11-4-3-8-13-11/h3-4,8,10,12H,5-7,9H2,1-2H3. The minimum Gasteiger partial charge on any atom is -0.316 e. The zero-order valence-corrected chi connectivity index (χ0v) is 10.6. The summed E-state index contributed by atoms with van der Waals surface area (Å²) in [5.41, 5.74) is 0. The van der Waals surface area contributed by atoms with Gasteiger partial charge in [0, 0.05) is 12.3 Å². The van der Waals surface area contributed by atoms with E-state index in [-0.39, 0.29) is 0 Å². The molecule has 1 rings (SSSR count). The molecule has 0 atom stereocenters. The van der Waals surface area contributed by atoms with Crippen molar-refractivity contribution in [3.8, 4) is 0 Å². The van der Waals surface area contributed by atoms with E-state index >= 15 is 0 Å². The molecule has 1 nitrogen and oxygen atoms in total. The summed E-state index contributed by atoms with van der Waals surface area (Å²) < 4.78 is 1.43. The molecular weight excluding hydrogens is 210 g/mol. The molecule has 0 aliphatic rings. The van der Waals surface area contributed by atoms with Crippen molar-refractivity contribution in [3.05, 3.63) is 17.5 Å². The Morgan fingerprint density at radius 3 is 2.93 bits per heavy atom.